The molecule has 0 aliphatic carbocycles. The van der Waals surface area contributed by atoms with Gasteiger partial charge in [-0.2, -0.15) is 0 Å². The van der Waals surface area contributed by atoms with Gasteiger partial charge in [-0.15, -0.1) is 11.3 Å². The molecule has 0 spiro atoms. The van der Waals surface area contributed by atoms with Gasteiger partial charge in [-0.05, 0) is 18.5 Å². The third kappa shape index (κ3) is 4.93. The van der Waals surface area contributed by atoms with E-state index in [0.29, 0.717) is 13.0 Å². The first-order valence-corrected chi connectivity index (χ1v) is 8.62. The second-order valence-corrected chi connectivity index (χ2v) is 5.93. The van der Waals surface area contributed by atoms with Crippen LogP contribution in [0.1, 0.15) is 25.1 Å². The van der Waals surface area contributed by atoms with Gasteiger partial charge in [0.1, 0.15) is 5.01 Å². The molecule has 0 radical (unpaired) electrons. The van der Waals surface area contributed by atoms with Crippen LogP contribution in [0.25, 0.3) is 10.6 Å². The third-order valence-corrected chi connectivity index (χ3v) is 4.32. The van der Waals surface area contributed by atoms with Crippen molar-refractivity contribution in [2.24, 2.45) is 0 Å². The predicted molar refractivity (Wildman–Crippen MR) is 92.2 cm³/mol. The number of thiazole rings is 1. The number of aryl methyl sites for hydroxylation is 1. The van der Waals surface area contributed by atoms with Crippen LogP contribution in [0.3, 0.4) is 0 Å². The molecule has 5 heteroatoms. The number of hydrogen-bond acceptors (Lipinski definition) is 4. The van der Waals surface area contributed by atoms with Crippen LogP contribution in [0.4, 0.5) is 0 Å². The fourth-order valence-electron chi connectivity index (χ4n) is 2.10. The molecule has 4 nitrogen and oxygen atoms in total. The zero-order valence-corrected chi connectivity index (χ0v) is 14.0. The smallest absolute Gasteiger partial charge is 0.226 e. The van der Waals surface area contributed by atoms with Crippen LogP contribution >= 0.6 is 11.3 Å². The van der Waals surface area contributed by atoms with E-state index in [1.165, 1.54) is 5.56 Å². The van der Waals surface area contributed by atoms with E-state index in [1.807, 2.05) is 12.3 Å². The standard InChI is InChI=1S/C17H23N3OS/c1-3-13-5-7-14(8-6-13)17-20-15(12-22-17)11-16(21)19-10-9-18-4-2/h5-8,12,18H,3-4,9-11H2,1-2H3,(H,19,21). The molecule has 0 fully saturated rings. The molecule has 2 N–H and O–H groups in total. The number of amides is 1. The van der Waals surface area contributed by atoms with Gasteiger partial charge in [0, 0.05) is 24.0 Å². The van der Waals surface area contributed by atoms with E-state index in [4.69, 9.17) is 0 Å². The molecule has 0 aliphatic heterocycles. The first-order valence-electron chi connectivity index (χ1n) is 7.74. The van der Waals surface area contributed by atoms with E-state index in [-0.39, 0.29) is 5.91 Å². The Labute approximate surface area is 136 Å². The summed E-state index contributed by atoms with van der Waals surface area (Å²) in [6.45, 7) is 6.56. The lowest BCUT2D eigenvalue weighted by molar-refractivity contribution is -0.120. The second kappa shape index (κ2) is 8.66. The highest BCUT2D eigenvalue weighted by molar-refractivity contribution is 7.13. The van der Waals surface area contributed by atoms with Crippen LogP contribution in [0.5, 0.6) is 0 Å². The van der Waals surface area contributed by atoms with Crippen LogP contribution in [0.15, 0.2) is 29.6 Å². The van der Waals surface area contributed by atoms with E-state index in [9.17, 15) is 4.79 Å². The summed E-state index contributed by atoms with van der Waals surface area (Å²) in [5, 5.41) is 9.00. The maximum Gasteiger partial charge on any atom is 0.226 e. The molecule has 22 heavy (non-hydrogen) atoms. The second-order valence-electron chi connectivity index (χ2n) is 5.07. The van der Waals surface area contributed by atoms with Crippen LogP contribution in [-0.4, -0.2) is 30.5 Å². The number of carbonyl (C=O) groups excluding carboxylic acids is 1. The molecule has 0 atom stereocenters. The summed E-state index contributed by atoms with van der Waals surface area (Å²) in [6, 6.07) is 8.45. The quantitative estimate of drug-likeness (QED) is 0.736. The SMILES string of the molecule is CCNCCNC(=O)Cc1csc(-c2ccc(CC)cc2)n1. The Morgan fingerprint density at radius 2 is 1.95 bits per heavy atom. The molecule has 2 rings (SSSR count). The van der Waals surface area contributed by atoms with E-state index >= 15 is 0 Å². The van der Waals surface area contributed by atoms with Crippen molar-refractivity contribution in [2.75, 3.05) is 19.6 Å². The topological polar surface area (TPSA) is 54.0 Å². The maximum absolute atomic E-state index is 11.8. The van der Waals surface area contributed by atoms with E-state index in [2.05, 4.69) is 46.8 Å². The number of hydrogen-bond donors (Lipinski definition) is 2. The minimum absolute atomic E-state index is 0.0242. The van der Waals surface area contributed by atoms with Crippen molar-refractivity contribution in [1.29, 1.82) is 0 Å². The van der Waals surface area contributed by atoms with Crippen molar-refractivity contribution < 1.29 is 4.79 Å². The number of carbonyl (C=O) groups is 1. The average molecular weight is 317 g/mol. The lowest BCUT2D eigenvalue weighted by Gasteiger charge is -2.04. The number of likely N-dealkylation sites (N-methyl/N-ethyl adjacent to an activating group) is 1. The molecule has 1 heterocycles. The molecule has 0 saturated heterocycles. The fourth-order valence-corrected chi connectivity index (χ4v) is 2.92. The van der Waals surface area contributed by atoms with Crippen molar-refractivity contribution in [3.63, 3.8) is 0 Å². The molecule has 2 aromatic rings. The third-order valence-electron chi connectivity index (χ3n) is 3.38. The van der Waals surface area contributed by atoms with Crippen LogP contribution in [0.2, 0.25) is 0 Å². The van der Waals surface area contributed by atoms with Gasteiger partial charge < -0.3 is 10.6 Å². The predicted octanol–water partition coefficient (Wildman–Crippen LogP) is 2.64. The van der Waals surface area contributed by atoms with E-state index in [1.54, 1.807) is 11.3 Å². The minimum Gasteiger partial charge on any atom is -0.354 e. The van der Waals surface area contributed by atoms with Gasteiger partial charge in [0.25, 0.3) is 0 Å². The van der Waals surface area contributed by atoms with Crippen molar-refractivity contribution >= 4 is 17.2 Å². The molecule has 118 valence electrons. The molecule has 1 amide bonds. The van der Waals surface area contributed by atoms with Gasteiger partial charge in [-0.3, -0.25) is 4.79 Å². The van der Waals surface area contributed by atoms with Gasteiger partial charge in [0.05, 0.1) is 12.1 Å². The molecule has 1 aromatic carbocycles. The molecule has 0 bridgehead atoms. The number of nitrogens with one attached hydrogen (secondary N) is 2. The zero-order valence-electron chi connectivity index (χ0n) is 13.2. The average Bonchev–Trinajstić information content (AvgIpc) is 3.00. The Balaban J connectivity index is 1.89. The normalized spacial score (nSPS) is 10.6. The summed E-state index contributed by atoms with van der Waals surface area (Å²) < 4.78 is 0. The highest BCUT2D eigenvalue weighted by atomic mass is 32.1. The van der Waals surface area contributed by atoms with Gasteiger partial charge in [-0.25, -0.2) is 4.98 Å². The number of rotatable bonds is 8. The summed E-state index contributed by atoms with van der Waals surface area (Å²) in [7, 11) is 0. The van der Waals surface area contributed by atoms with Crippen LogP contribution in [-0.2, 0) is 17.6 Å². The van der Waals surface area contributed by atoms with E-state index < -0.39 is 0 Å². The Hall–Kier alpha value is -1.72. The van der Waals surface area contributed by atoms with Crippen LogP contribution in [0, 0.1) is 0 Å². The van der Waals surface area contributed by atoms with Crippen molar-refractivity contribution in [1.82, 2.24) is 15.6 Å². The summed E-state index contributed by atoms with van der Waals surface area (Å²) >= 11 is 1.59. The zero-order chi connectivity index (χ0) is 15.8. The van der Waals surface area contributed by atoms with Crippen molar-refractivity contribution in [3.05, 3.63) is 40.9 Å². The summed E-state index contributed by atoms with van der Waals surface area (Å²) in [6.07, 6.45) is 1.38. The summed E-state index contributed by atoms with van der Waals surface area (Å²) in [5.74, 6) is 0.0242. The molecular formula is C17H23N3OS. The number of benzene rings is 1. The van der Waals surface area contributed by atoms with Gasteiger partial charge in [0.2, 0.25) is 5.91 Å². The first kappa shape index (κ1) is 16.6. The van der Waals surface area contributed by atoms with Crippen molar-refractivity contribution in [3.8, 4) is 10.6 Å². The molecule has 0 saturated carbocycles. The largest absolute Gasteiger partial charge is 0.354 e. The minimum atomic E-state index is 0.0242. The Morgan fingerprint density at radius 1 is 1.18 bits per heavy atom. The molecular weight excluding hydrogens is 294 g/mol. The van der Waals surface area contributed by atoms with Gasteiger partial charge in [0.15, 0.2) is 0 Å². The Morgan fingerprint density at radius 3 is 2.64 bits per heavy atom. The van der Waals surface area contributed by atoms with Crippen molar-refractivity contribution in [2.45, 2.75) is 26.7 Å². The number of aromatic nitrogens is 1. The highest BCUT2D eigenvalue weighted by Gasteiger charge is 2.08. The van der Waals surface area contributed by atoms with Gasteiger partial charge in [-0.1, -0.05) is 38.1 Å². The summed E-state index contributed by atoms with van der Waals surface area (Å²) in [5.41, 5.74) is 3.27. The number of nitrogens with zero attached hydrogens (tertiary/aromatic N) is 1. The maximum atomic E-state index is 11.8. The lowest BCUT2D eigenvalue weighted by Crippen LogP contribution is -2.32. The first-order chi connectivity index (χ1) is 10.7. The highest BCUT2D eigenvalue weighted by Crippen LogP contribution is 2.24. The Kier molecular flexibility index (Phi) is 6.55. The van der Waals surface area contributed by atoms with Crippen LogP contribution < -0.4 is 10.6 Å². The molecule has 1 aromatic heterocycles. The summed E-state index contributed by atoms with van der Waals surface area (Å²) in [4.78, 5) is 16.4. The lowest BCUT2D eigenvalue weighted by atomic mass is 10.1. The monoisotopic (exact) mass is 317 g/mol. The van der Waals surface area contributed by atoms with E-state index in [0.717, 1.165) is 35.8 Å². The molecule has 0 unspecified atom stereocenters. The van der Waals surface area contributed by atoms with Gasteiger partial charge >= 0.3 is 0 Å². The Bertz CT molecular complexity index is 592. The molecule has 0 aliphatic rings. The fraction of sp³-hybridized carbons (Fsp3) is 0.412.